The molecule has 1 heterocycles. The molecule has 8 heteroatoms. The highest BCUT2D eigenvalue weighted by Gasteiger charge is 2.38. The van der Waals surface area contributed by atoms with Crippen LogP contribution in [0.3, 0.4) is 0 Å². The maximum absolute atomic E-state index is 12.1. The van der Waals surface area contributed by atoms with Crippen molar-refractivity contribution in [3.8, 4) is 0 Å². The standard InChI is InChI=1S/C19H22N2O6/c1-12(15-11-13-6-7-14(15)10-13)26-20(2)16(22)4-3-5-19(25)27-21-17(23)8-9-18(21)24/h6-9,13-15H,1,3-5,10-11H2,2H3. The smallest absolute Gasteiger partial charge is 0.333 e. The fourth-order valence-electron chi connectivity index (χ4n) is 3.61. The van der Waals surface area contributed by atoms with Crippen LogP contribution in [0.15, 0.2) is 36.6 Å². The molecule has 0 saturated heterocycles. The van der Waals surface area contributed by atoms with E-state index in [1.54, 1.807) is 0 Å². The molecule has 0 aromatic heterocycles. The van der Waals surface area contributed by atoms with E-state index in [1.165, 1.54) is 7.05 Å². The van der Waals surface area contributed by atoms with E-state index in [2.05, 4.69) is 18.7 Å². The van der Waals surface area contributed by atoms with Crippen molar-refractivity contribution in [1.29, 1.82) is 0 Å². The van der Waals surface area contributed by atoms with Gasteiger partial charge in [0.15, 0.2) is 0 Å². The van der Waals surface area contributed by atoms with E-state index < -0.39 is 17.8 Å². The van der Waals surface area contributed by atoms with Gasteiger partial charge in [0.2, 0.25) is 0 Å². The molecule has 3 unspecified atom stereocenters. The van der Waals surface area contributed by atoms with E-state index in [4.69, 9.17) is 9.68 Å². The topological polar surface area (TPSA) is 93.2 Å². The molecule has 3 amide bonds. The van der Waals surface area contributed by atoms with Crippen LogP contribution in [-0.4, -0.2) is 40.9 Å². The maximum Gasteiger partial charge on any atom is 0.333 e. The second-order valence-corrected chi connectivity index (χ2v) is 6.96. The minimum atomic E-state index is -0.755. The van der Waals surface area contributed by atoms with E-state index in [0.29, 0.717) is 22.7 Å². The molecule has 3 aliphatic rings. The van der Waals surface area contributed by atoms with Crippen molar-refractivity contribution in [2.75, 3.05) is 7.05 Å². The molecule has 0 spiro atoms. The summed E-state index contributed by atoms with van der Waals surface area (Å²) in [6.45, 7) is 3.96. The van der Waals surface area contributed by atoms with E-state index in [0.717, 1.165) is 30.1 Å². The first-order chi connectivity index (χ1) is 12.8. The molecule has 0 N–H and O–H groups in total. The summed E-state index contributed by atoms with van der Waals surface area (Å²) < 4.78 is 0. The molecular weight excluding hydrogens is 352 g/mol. The van der Waals surface area contributed by atoms with Gasteiger partial charge in [-0.15, -0.1) is 0 Å². The van der Waals surface area contributed by atoms with Gasteiger partial charge in [0, 0.05) is 38.0 Å². The number of carbonyl (C=O) groups excluding carboxylic acids is 4. The molecule has 144 valence electrons. The van der Waals surface area contributed by atoms with Crippen LogP contribution in [0.25, 0.3) is 0 Å². The van der Waals surface area contributed by atoms with Gasteiger partial charge in [-0.3, -0.25) is 14.4 Å². The summed E-state index contributed by atoms with van der Waals surface area (Å²) in [6.07, 6.45) is 8.73. The normalized spacial score (nSPS) is 25.2. The van der Waals surface area contributed by atoms with Crippen molar-refractivity contribution < 1.29 is 28.9 Å². The summed E-state index contributed by atoms with van der Waals surface area (Å²) in [5, 5.41) is 1.54. The van der Waals surface area contributed by atoms with Crippen LogP contribution in [0.4, 0.5) is 0 Å². The Kier molecular flexibility index (Phi) is 5.43. The number of hydrogen-bond donors (Lipinski definition) is 0. The Morgan fingerprint density at radius 1 is 1.19 bits per heavy atom. The molecular formula is C19H22N2O6. The molecule has 0 aromatic rings. The van der Waals surface area contributed by atoms with Crippen LogP contribution in [0.5, 0.6) is 0 Å². The molecule has 1 saturated carbocycles. The zero-order valence-corrected chi connectivity index (χ0v) is 15.1. The predicted octanol–water partition coefficient (Wildman–Crippen LogP) is 1.66. The van der Waals surface area contributed by atoms with E-state index in [-0.39, 0.29) is 31.1 Å². The third-order valence-electron chi connectivity index (χ3n) is 5.03. The number of amides is 3. The average Bonchev–Trinajstić information content (AvgIpc) is 3.33. The number of nitrogens with zero attached hydrogens (tertiary/aromatic N) is 2. The van der Waals surface area contributed by atoms with Gasteiger partial charge in [-0.2, -0.15) is 5.06 Å². The lowest BCUT2D eigenvalue weighted by Crippen LogP contribution is -2.33. The van der Waals surface area contributed by atoms with E-state index >= 15 is 0 Å². The first-order valence-corrected chi connectivity index (χ1v) is 8.93. The second-order valence-electron chi connectivity index (χ2n) is 6.96. The SMILES string of the molecule is C=C(ON(C)C(=O)CCCC(=O)ON1C(=O)C=CC1=O)C1CC2C=CC1C2. The molecule has 8 nitrogen and oxygen atoms in total. The van der Waals surface area contributed by atoms with Crippen LogP contribution in [0.1, 0.15) is 32.1 Å². The van der Waals surface area contributed by atoms with Crippen LogP contribution >= 0.6 is 0 Å². The van der Waals surface area contributed by atoms with Gasteiger partial charge in [-0.1, -0.05) is 23.8 Å². The maximum atomic E-state index is 12.1. The number of hydroxylamine groups is 4. The number of allylic oxidation sites excluding steroid dienone is 3. The van der Waals surface area contributed by atoms with Crippen molar-refractivity contribution in [3.63, 3.8) is 0 Å². The van der Waals surface area contributed by atoms with E-state index in [1.807, 2.05) is 0 Å². The number of imide groups is 1. The predicted molar refractivity (Wildman–Crippen MR) is 92.8 cm³/mol. The molecule has 2 aliphatic carbocycles. The number of fused-ring (bicyclic) bond motifs is 2. The minimum absolute atomic E-state index is 0.0651. The first kappa shape index (κ1) is 18.9. The summed E-state index contributed by atoms with van der Waals surface area (Å²) in [6, 6.07) is 0. The quantitative estimate of drug-likeness (QED) is 0.278. The molecule has 3 atom stereocenters. The summed E-state index contributed by atoms with van der Waals surface area (Å²) in [5.74, 6) is -0.621. The van der Waals surface area contributed by atoms with Gasteiger partial charge in [-0.25, -0.2) is 4.79 Å². The van der Waals surface area contributed by atoms with Crippen LogP contribution in [0, 0.1) is 17.8 Å². The Labute approximate surface area is 157 Å². The Morgan fingerprint density at radius 3 is 2.48 bits per heavy atom. The third kappa shape index (κ3) is 4.27. The number of rotatable bonds is 8. The van der Waals surface area contributed by atoms with E-state index in [9.17, 15) is 19.2 Å². The van der Waals surface area contributed by atoms with Gasteiger partial charge < -0.3 is 9.68 Å². The first-order valence-electron chi connectivity index (χ1n) is 8.93. The Hall–Kier alpha value is -2.90. The van der Waals surface area contributed by atoms with Crippen LogP contribution < -0.4 is 0 Å². The van der Waals surface area contributed by atoms with Gasteiger partial charge >= 0.3 is 5.97 Å². The fraction of sp³-hybridized carbons (Fsp3) is 0.474. The lowest BCUT2D eigenvalue weighted by molar-refractivity contribution is -0.196. The molecule has 27 heavy (non-hydrogen) atoms. The highest BCUT2D eigenvalue weighted by molar-refractivity contribution is 6.12. The molecule has 0 radical (unpaired) electrons. The largest absolute Gasteiger partial charge is 0.382 e. The molecule has 1 aliphatic heterocycles. The van der Waals surface area contributed by atoms with Gasteiger partial charge in [0.1, 0.15) is 5.76 Å². The Bertz CT molecular complexity index is 722. The Balaban J connectivity index is 1.35. The van der Waals surface area contributed by atoms with Gasteiger partial charge in [0.05, 0.1) is 0 Å². The monoisotopic (exact) mass is 374 g/mol. The summed E-state index contributed by atoms with van der Waals surface area (Å²) >= 11 is 0. The summed E-state index contributed by atoms with van der Waals surface area (Å²) in [5.41, 5.74) is 0. The molecule has 2 bridgehead atoms. The zero-order valence-electron chi connectivity index (χ0n) is 15.1. The molecule has 1 fully saturated rings. The lowest BCUT2D eigenvalue weighted by Gasteiger charge is -2.25. The number of hydrogen-bond acceptors (Lipinski definition) is 6. The lowest BCUT2D eigenvalue weighted by atomic mass is 9.92. The second kappa shape index (κ2) is 7.77. The minimum Gasteiger partial charge on any atom is -0.382 e. The third-order valence-corrected chi connectivity index (χ3v) is 5.03. The van der Waals surface area contributed by atoms with Crippen LogP contribution in [-0.2, 0) is 28.9 Å². The molecule has 0 aromatic carbocycles. The summed E-state index contributed by atoms with van der Waals surface area (Å²) in [7, 11) is 1.52. The zero-order chi connectivity index (χ0) is 19.6. The van der Waals surface area contributed by atoms with Crippen molar-refractivity contribution in [1.82, 2.24) is 10.1 Å². The van der Waals surface area contributed by atoms with Gasteiger partial charge in [0.25, 0.3) is 17.7 Å². The van der Waals surface area contributed by atoms with Crippen molar-refractivity contribution in [3.05, 3.63) is 36.6 Å². The summed E-state index contributed by atoms with van der Waals surface area (Å²) in [4.78, 5) is 56.7. The van der Waals surface area contributed by atoms with Crippen molar-refractivity contribution in [2.24, 2.45) is 17.8 Å². The van der Waals surface area contributed by atoms with Crippen molar-refractivity contribution in [2.45, 2.75) is 32.1 Å². The number of carbonyl (C=O) groups is 4. The van der Waals surface area contributed by atoms with Gasteiger partial charge in [-0.05, 0) is 31.1 Å². The highest BCUT2D eigenvalue weighted by Crippen LogP contribution is 2.46. The average molecular weight is 374 g/mol. The Morgan fingerprint density at radius 2 is 1.89 bits per heavy atom. The molecule has 3 rings (SSSR count). The van der Waals surface area contributed by atoms with Crippen LogP contribution in [0.2, 0.25) is 0 Å². The fourth-order valence-corrected chi connectivity index (χ4v) is 3.61. The van der Waals surface area contributed by atoms with Crippen molar-refractivity contribution >= 4 is 23.7 Å². The highest BCUT2D eigenvalue weighted by atomic mass is 16.7.